The molecular weight excluding hydrogens is 408 g/mol. The molecule has 6 nitrogen and oxygen atoms in total. The van der Waals surface area contributed by atoms with Crippen LogP contribution in [0.4, 0.5) is 0 Å². The van der Waals surface area contributed by atoms with Gasteiger partial charge in [-0.15, -0.1) is 11.3 Å². The predicted molar refractivity (Wildman–Crippen MR) is 119 cm³/mol. The van der Waals surface area contributed by atoms with Gasteiger partial charge in [0.25, 0.3) is 5.91 Å². The smallest absolute Gasteiger partial charge is 0.268 e. The van der Waals surface area contributed by atoms with E-state index in [-0.39, 0.29) is 19.1 Å². The maximum atomic E-state index is 12.8. The molecule has 0 fully saturated rings. The van der Waals surface area contributed by atoms with E-state index in [0.29, 0.717) is 26.3 Å². The van der Waals surface area contributed by atoms with Gasteiger partial charge in [-0.05, 0) is 29.8 Å². The first kappa shape index (κ1) is 21.0. The van der Waals surface area contributed by atoms with Gasteiger partial charge in [0.2, 0.25) is 0 Å². The fourth-order valence-corrected chi connectivity index (χ4v) is 3.99. The van der Waals surface area contributed by atoms with Gasteiger partial charge in [-0.3, -0.25) is 4.79 Å². The highest BCUT2D eigenvalue weighted by molar-refractivity contribution is 7.11. The van der Waals surface area contributed by atoms with Gasteiger partial charge in [-0.25, -0.2) is 4.98 Å². The van der Waals surface area contributed by atoms with Crippen molar-refractivity contribution in [2.24, 2.45) is 5.73 Å². The quantitative estimate of drug-likeness (QED) is 0.435. The van der Waals surface area contributed by atoms with Crippen LogP contribution in [0.5, 0.6) is 0 Å². The second-order valence-corrected chi connectivity index (χ2v) is 7.76. The Morgan fingerprint density at radius 1 is 1.34 bits per heavy atom. The van der Waals surface area contributed by atoms with Crippen LogP contribution in [0.3, 0.4) is 0 Å². The van der Waals surface area contributed by atoms with E-state index in [9.17, 15) is 9.90 Å². The summed E-state index contributed by atoms with van der Waals surface area (Å²) in [5.41, 5.74) is 9.31. The Balaban J connectivity index is 1.86. The van der Waals surface area contributed by atoms with E-state index in [1.165, 1.54) is 11.3 Å². The van der Waals surface area contributed by atoms with E-state index in [2.05, 4.69) is 28.4 Å². The SMILES string of the molecule is C=Cc1cc(C(=O)NC(CN)c2nc(C=C)c(CO)s2)[nH]c1-c1ccc(Cl)cc1. The van der Waals surface area contributed by atoms with Crippen LogP contribution in [0, 0.1) is 0 Å². The van der Waals surface area contributed by atoms with E-state index in [0.717, 1.165) is 16.8 Å². The molecule has 0 spiro atoms. The van der Waals surface area contributed by atoms with E-state index < -0.39 is 6.04 Å². The van der Waals surface area contributed by atoms with Crippen molar-refractivity contribution in [3.05, 3.63) is 75.3 Å². The first-order valence-electron chi connectivity index (χ1n) is 8.85. The lowest BCUT2D eigenvalue weighted by Crippen LogP contribution is -2.33. The number of aliphatic hydroxyl groups is 1. The number of benzene rings is 1. The van der Waals surface area contributed by atoms with Crippen molar-refractivity contribution in [1.82, 2.24) is 15.3 Å². The topological polar surface area (TPSA) is 104 Å². The highest BCUT2D eigenvalue weighted by Gasteiger charge is 2.21. The molecule has 1 unspecified atom stereocenters. The minimum absolute atomic E-state index is 0.145. The number of aromatic amines is 1. The molecule has 29 heavy (non-hydrogen) atoms. The summed E-state index contributed by atoms with van der Waals surface area (Å²) in [6, 6.07) is 8.56. The molecule has 3 aromatic rings. The summed E-state index contributed by atoms with van der Waals surface area (Å²) in [4.78, 5) is 21.1. The zero-order chi connectivity index (χ0) is 21.0. The number of carbonyl (C=O) groups is 1. The second-order valence-electron chi connectivity index (χ2n) is 6.21. The molecule has 2 heterocycles. The fourth-order valence-electron chi connectivity index (χ4n) is 2.87. The third-order valence-corrected chi connectivity index (χ3v) is 5.79. The van der Waals surface area contributed by atoms with Gasteiger partial charge in [-0.1, -0.05) is 43.0 Å². The lowest BCUT2D eigenvalue weighted by molar-refractivity contribution is 0.0933. The molecule has 150 valence electrons. The van der Waals surface area contributed by atoms with E-state index in [4.69, 9.17) is 17.3 Å². The monoisotopic (exact) mass is 428 g/mol. The molecule has 0 aliphatic heterocycles. The maximum absolute atomic E-state index is 12.8. The summed E-state index contributed by atoms with van der Waals surface area (Å²) in [5.74, 6) is -0.315. The maximum Gasteiger partial charge on any atom is 0.268 e. The first-order valence-corrected chi connectivity index (χ1v) is 10.0. The minimum atomic E-state index is -0.485. The number of carbonyl (C=O) groups excluding carboxylic acids is 1. The van der Waals surface area contributed by atoms with Crippen LogP contribution < -0.4 is 11.1 Å². The number of amides is 1. The Morgan fingerprint density at radius 2 is 2.07 bits per heavy atom. The van der Waals surface area contributed by atoms with Gasteiger partial charge in [0.15, 0.2) is 0 Å². The Kier molecular flexibility index (Phi) is 6.66. The number of thiazole rings is 1. The van der Waals surface area contributed by atoms with Crippen molar-refractivity contribution in [2.75, 3.05) is 6.54 Å². The Hall–Kier alpha value is -2.71. The van der Waals surface area contributed by atoms with Crippen LogP contribution in [0.15, 0.2) is 43.5 Å². The second kappa shape index (κ2) is 9.19. The number of nitrogens with zero attached hydrogens (tertiary/aromatic N) is 1. The molecule has 0 bridgehead atoms. The summed E-state index contributed by atoms with van der Waals surface area (Å²) in [6.07, 6.45) is 3.25. The molecule has 5 N–H and O–H groups in total. The van der Waals surface area contributed by atoms with Crippen molar-refractivity contribution in [2.45, 2.75) is 12.6 Å². The zero-order valence-electron chi connectivity index (χ0n) is 15.6. The molecule has 0 aliphatic carbocycles. The van der Waals surface area contributed by atoms with Gasteiger partial charge in [0.05, 0.1) is 28.9 Å². The van der Waals surface area contributed by atoms with Crippen molar-refractivity contribution in [1.29, 1.82) is 0 Å². The molecule has 0 saturated carbocycles. The molecule has 1 atom stereocenters. The molecule has 8 heteroatoms. The summed E-state index contributed by atoms with van der Waals surface area (Å²) in [7, 11) is 0. The number of hydrogen-bond donors (Lipinski definition) is 4. The highest BCUT2D eigenvalue weighted by atomic mass is 35.5. The fraction of sp³-hybridized carbons (Fsp3) is 0.143. The summed E-state index contributed by atoms with van der Waals surface area (Å²) in [5, 5.41) is 13.6. The third kappa shape index (κ3) is 4.49. The van der Waals surface area contributed by atoms with Crippen LogP contribution in [-0.4, -0.2) is 27.5 Å². The molecule has 0 saturated heterocycles. The number of rotatable bonds is 8. The lowest BCUT2D eigenvalue weighted by Gasteiger charge is -2.13. The number of aliphatic hydroxyl groups excluding tert-OH is 1. The normalized spacial score (nSPS) is 11.8. The lowest BCUT2D eigenvalue weighted by atomic mass is 10.1. The molecule has 0 radical (unpaired) electrons. The van der Waals surface area contributed by atoms with Crippen molar-refractivity contribution in [3.63, 3.8) is 0 Å². The Bertz CT molecular complexity index is 1040. The van der Waals surface area contributed by atoms with Crippen LogP contribution in [0.25, 0.3) is 23.4 Å². The predicted octanol–water partition coefficient (Wildman–Crippen LogP) is 4.00. The van der Waals surface area contributed by atoms with Gasteiger partial charge in [-0.2, -0.15) is 0 Å². The number of halogens is 1. The van der Waals surface area contributed by atoms with Crippen molar-refractivity contribution < 1.29 is 9.90 Å². The minimum Gasteiger partial charge on any atom is -0.391 e. The average molecular weight is 429 g/mol. The molecule has 1 amide bonds. The standard InChI is InChI=1S/C21H21ClN4O2S/c1-3-12-9-16(24-19(12)13-5-7-14(22)8-6-13)20(28)25-17(10-23)21-26-15(4-2)18(11-27)29-21/h3-9,17,24,27H,1-2,10-11,23H2,(H,25,28). The van der Waals surface area contributed by atoms with Gasteiger partial charge >= 0.3 is 0 Å². The van der Waals surface area contributed by atoms with Gasteiger partial charge in [0.1, 0.15) is 10.7 Å². The third-order valence-electron chi connectivity index (χ3n) is 4.37. The molecule has 2 aromatic heterocycles. The van der Waals surface area contributed by atoms with Crippen LogP contribution >= 0.6 is 22.9 Å². The van der Waals surface area contributed by atoms with Gasteiger partial charge < -0.3 is 21.1 Å². The Morgan fingerprint density at radius 3 is 2.62 bits per heavy atom. The van der Waals surface area contributed by atoms with E-state index in [1.54, 1.807) is 30.4 Å². The molecule has 0 aliphatic rings. The number of H-pyrrole nitrogens is 1. The number of nitrogens with one attached hydrogen (secondary N) is 2. The molecular formula is C21H21ClN4O2S. The average Bonchev–Trinajstić information content (AvgIpc) is 3.36. The first-order chi connectivity index (χ1) is 14.0. The largest absolute Gasteiger partial charge is 0.391 e. The van der Waals surface area contributed by atoms with E-state index >= 15 is 0 Å². The summed E-state index contributed by atoms with van der Waals surface area (Å²) < 4.78 is 0. The highest BCUT2D eigenvalue weighted by Crippen LogP contribution is 2.28. The van der Waals surface area contributed by atoms with E-state index in [1.807, 2.05) is 12.1 Å². The summed E-state index contributed by atoms with van der Waals surface area (Å²) >= 11 is 7.26. The zero-order valence-corrected chi connectivity index (χ0v) is 17.2. The molecule has 1 aromatic carbocycles. The van der Waals surface area contributed by atoms with Crippen molar-refractivity contribution in [3.8, 4) is 11.3 Å². The number of hydrogen-bond acceptors (Lipinski definition) is 5. The number of aromatic nitrogens is 2. The van der Waals surface area contributed by atoms with Crippen molar-refractivity contribution >= 4 is 41.0 Å². The molecule has 3 rings (SSSR count). The Labute approximate surface area is 177 Å². The van der Waals surface area contributed by atoms with Crippen LogP contribution in [0.1, 0.15) is 37.7 Å². The number of nitrogens with two attached hydrogens (primary N) is 1. The summed E-state index contributed by atoms with van der Waals surface area (Å²) in [6.45, 7) is 7.54. The van der Waals surface area contributed by atoms with Crippen LogP contribution in [-0.2, 0) is 6.61 Å². The van der Waals surface area contributed by atoms with Gasteiger partial charge in [0, 0.05) is 17.1 Å². The van der Waals surface area contributed by atoms with Crippen LogP contribution in [0.2, 0.25) is 5.02 Å².